The highest BCUT2D eigenvalue weighted by Gasteiger charge is 2.30. The number of H-pyrrole nitrogens is 1. The van der Waals surface area contributed by atoms with E-state index >= 15 is 0 Å². The first-order valence-electron chi connectivity index (χ1n) is 10.9. The van der Waals surface area contributed by atoms with E-state index in [9.17, 15) is 9.59 Å². The van der Waals surface area contributed by atoms with Gasteiger partial charge in [0, 0.05) is 29.8 Å². The molecule has 1 unspecified atom stereocenters. The Bertz CT molecular complexity index is 1150. The van der Waals surface area contributed by atoms with E-state index in [1.165, 1.54) is 11.1 Å². The maximum absolute atomic E-state index is 13.1. The van der Waals surface area contributed by atoms with Crippen LogP contribution in [0.15, 0.2) is 48.5 Å². The van der Waals surface area contributed by atoms with Crippen LogP contribution in [0, 0.1) is 6.92 Å². The van der Waals surface area contributed by atoms with Crippen molar-refractivity contribution < 1.29 is 9.59 Å². The molecule has 1 aliphatic heterocycles. The second-order valence-corrected chi connectivity index (χ2v) is 8.49. The molecule has 2 heterocycles. The minimum absolute atomic E-state index is 0.00146. The first-order chi connectivity index (χ1) is 15.1. The number of aromatic nitrogens is 2. The minimum atomic E-state index is -0.177. The number of nitrogens with one attached hydrogen (secondary N) is 2. The van der Waals surface area contributed by atoms with E-state index < -0.39 is 0 Å². The molecule has 1 atom stereocenters. The van der Waals surface area contributed by atoms with Gasteiger partial charge < -0.3 is 10.2 Å². The molecule has 1 aromatic heterocycles. The van der Waals surface area contributed by atoms with Crippen molar-refractivity contribution in [2.24, 2.45) is 0 Å². The molecule has 0 fully saturated rings. The zero-order chi connectivity index (χ0) is 21.4. The van der Waals surface area contributed by atoms with Crippen molar-refractivity contribution in [3.63, 3.8) is 0 Å². The van der Waals surface area contributed by atoms with Crippen molar-refractivity contribution in [2.75, 3.05) is 6.54 Å². The van der Waals surface area contributed by atoms with Crippen LogP contribution in [0.5, 0.6) is 0 Å². The van der Waals surface area contributed by atoms with Crippen molar-refractivity contribution in [2.45, 2.75) is 45.2 Å². The first kappa shape index (κ1) is 19.5. The predicted molar refractivity (Wildman–Crippen MR) is 118 cm³/mol. The number of hydrogen-bond donors (Lipinski definition) is 2. The van der Waals surface area contributed by atoms with Gasteiger partial charge in [-0.1, -0.05) is 42.0 Å². The summed E-state index contributed by atoms with van der Waals surface area (Å²) in [6, 6.07) is 15.9. The zero-order valence-electron chi connectivity index (χ0n) is 17.6. The first-order valence-corrected chi connectivity index (χ1v) is 10.9. The Labute approximate surface area is 181 Å². The lowest BCUT2D eigenvalue weighted by atomic mass is 9.87. The van der Waals surface area contributed by atoms with Crippen LogP contribution in [0.2, 0.25) is 0 Å². The maximum atomic E-state index is 13.1. The Morgan fingerprint density at radius 2 is 2.00 bits per heavy atom. The molecule has 31 heavy (non-hydrogen) atoms. The average Bonchev–Trinajstić information content (AvgIpc) is 3.22. The molecule has 3 aromatic rings. The van der Waals surface area contributed by atoms with E-state index in [2.05, 4.69) is 27.6 Å². The second kappa shape index (κ2) is 8.02. The Morgan fingerprint density at radius 3 is 2.87 bits per heavy atom. The van der Waals surface area contributed by atoms with Crippen LogP contribution in [-0.2, 0) is 19.4 Å². The van der Waals surface area contributed by atoms with Gasteiger partial charge in [-0.15, -0.1) is 0 Å². The highest BCUT2D eigenvalue weighted by molar-refractivity contribution is 5.96. The highest BCUT2D eigenvalue weighted by Crippen LogP contribution is 2.30. The molecule has 1 aliphatic carbocycles. The van der Waals surface area contributed by atoms with Gasteiger partial charge in [0.15, 0.2) is 5.69 Å². The molecule has 6 nitrogen and oxygen atoms in total. The fourth-order valence-electron chi connectivity index (χ4n) is 4.75. The standard InChI is InChI=1S/C25H26N4O2/c1-16-6-4-9-18(14-16)25(31)29-13-12-22-20(15-29)23(28-27-22)24(30)26-21-11-5-8-17-7-2-3-10-19(17)21/h2-4,6-7,9-10,14,21H,5,8,11-13,15H2,1H3,(H,26,30)(H,27,28). The summed E-state index contributed by atoms with van der Waals surface area (Å²) in [6.07, 6.45) is 3.70. The molecule has 0 spiro atoms. The van der Waals surface area contributed by atoms with Crippen molar-refractivity contribution in [1.29, 1.82) is 0 Å². The van der Waals surface area contributed by atoms with Gasteiger partial charge in [0.2, 0.25) is 0 Å². The summed E-state index contributed by atoms with van der Waals surface area (Å²) >= 11 is 0. The van der Waals surface area contributed by atoms with Crippen LogP contribution in [-0.4, -0.2) is 33.5 Å². The van der Waals surface area contributed by atoms with Gasteiger partial charge in [-0.2, -0.15) is 5.10 Å². The molecule has 0 saturated carbocycles. The van der Waals surface area contributed by atoms with Crippen LogP contribution >= 0.6 is 0 Å². The Balaban J connectivity index is 1.35. The smallest absolute Gasteiger partial charge is 0.272 e. The van der Waals surface area contributed by atoms with Gasteiger partial charge in [0.05, 0.1) is 12.6 Å². The Kier molecular flexibility index (Phi) is 5.06. The van der Waals surface area contributed by atoms with E-state index in [0.29, 0.717) is 30.8 Å². The average molecular weight is 415 g/mol. The highest BCUT2D eigenvalue weighted by atomic mass is 16.2. The number of rotatable bonds is 3. The third kappa shape index (κ3) is 3.74. The number of hydrogen-bond acceptors (Lipinski definition) is 3. The summed E-state index contributed by atoms with van der Waals surface area (Å²) in [4.78, 5) is 28.0. The number of carbonyl (C=O) groups is 2. The number of aryl methyl sites for hydroxylation is 2. The molecule has 2 amide bonds. The molecule has 0 bridgehead atoms. The molecule has 2 N–H and O–H groups in total. The normalized spacial score (nSPS) is 17.6. The predicted octanol–water partition coefficient (Wildman–Crippen LogP) is 3.72. The number of aromatic amines is 1. The Morgan fingerprint density at radius 1 is 1.13 bits per heavy atom. The number of carbonyl (C=O) groups excluding carboxylic acids is 2. The SMILES string of the molecule is Cc1cccc(C(=O)N2CCc3[nH]nc(C(=O)NC4CCCc5ccccc54)c3C2)c1. The summed E-state index contributed by atoms with van der Waals surface area (Å²) in [6.45, 7) is 2.98. The second-order valence-electron chi connectivity index (χ2n) is 8.49. The van der Waals surface area contributed by atoms with Gasteiger partial charge >= 0.3 is 0 Å². The summed E-state index contributed by atoms with van der Waals surface area (Å²) in [7, 11) is 0. The third-order valence-electron chi connectivity index (χ3n) is 6.38. The van der Waals surface area contributed by atoms with Crippen LogP contribution in [0.1, 0.15) is 67.7 Å². The van der Waals surface area contributed by atoms with Crippen LogP contribution in [0.3, 0.4) is 0 Å². The van der Waals surface area contributed by atoms with Crippen molar-refractivity contribution in [1.82, 2.24) is 20.4 Å². The fourth-order valence-corrected chi connectivity index (χ4v) is 4.75. The molecule has 6 heteroatoms. The Hall–Kier alpha value is -3.41. The third-order valence-corrected chi connectivity index (χ3v) is 6.38. The molecular weight excluding hydrogens is 388 g/mol. The van der Waals surface area contributed by atoms with E-state index in [1.54, 1.807) is 4.90 Å². The summed E-state index contributed by atoms with van der Waals surface area (Å²) in [5, 5.41) is 10.5. The van der Waals surface area contributed by atoms with Gasteiger partial charge in [-0.25, -0.2) is 0 Å². The summed E-state index contributed by atoms with van der Waals surface area (Å²) in [5.41, 5.74) is 6.41. The minimum Gasteiger partial charge on any atom is -0.344 e. The summed E-state index contributed by atoms with van der Waals surface area (Å²) in [5.74, 6) is -0.188. The molecule has 5 rings (SSSR count). The quantitative estimate of drug-likeness (QED) is 0.686. The number of amides is 2. The lowest BCUT2D eigenvalue weighted by Gasteiger charge is -2.28. The molecule has 2 aliphatic rings. The van der Waals surface area contributed by atoms with Crippen LogP contribution < -0.4 is 5.32 Å². The van der Waals surface area contributed by atoms with Gasteiger partial charge in [-0.05, 0) is 49.4 Å². The lowest BCUT2D eigenvalue weighted by Crippen LogP contribution is -2.37. The van der Waals surface area contributed by atoms with Crippen molar-refractivity contribution in [3.05, 3.63) is 87.7 Å². The van der Waals surface area contributed by atoms with Gasteiger partial charge in [-0.3, -0.25) is 14.7 Å². The van der Waals surface area contributed by atoms with Crippen molar-refractivity contribution in [3.8, 4) is 0 Å². The summed E-state index contributed by atoms with van der Waals surface area (Å²) < 4.78 is 0. The molecule has 158 valence electrons. The topological polar surface area (TPSA) is 78.1 Å². The largest absolute Gasteiger partial charge is 0.344 e. The molecular formula is C25H26N4O2. The molecule has 0 radical (unpaired) electrons. The fraction of sp³-hybridized carbons (Fsp3) is 0.320. The van der Waals surface area contributed by atoms with E-state index in [4.69, 9.17) is 0 Å². The van der Waals surface area contributed by atoms with Gasteiger partial charge in [0.25, 0.3) is 11.8 Å². The zero-order valence-corrected chi connectivity index (χ0v) is 17.6. The van der Waals surface area contributed by atoms with E-state index in [0.717, 1.165) is 36.1 Å². The van der Waals surface area contributed by atoms with Crippen LogP contribution in [0.25, 0.3) is 0 Å². The number of benzene rings is 2. The molecule has 2 aromatic carbocycles. The monoisotopic (exact) mass is 414 g/mol. The van der Waals surface area contributed by atoms with E-state index in [1.807, 2.05) is 43.3 Å². The van der Waals surface area contributed by atoms with Gasteiger partial charge in [0.1, 0.15) is 0 Å². The van der Waals surface area contributed by atoms with Crippen LogP contribution in [0.4, 0.5) is 0 Å². The maximum Gasteiger partial charge on any atom is 0.272 e. The lowest BCUT2D eigenvalue weighted by molar-refractivity contribution is 0.0730. The van der Waals surface area contributed by atoms with E-state index in [-0.39, 0.29) is 17.9 Å². The number of fused-ring (bicyclic) bond motifs is 2. The number of nitrogens with zero attached hydrogens (tertiary/aromatic N) is 2. The molecule has 0 saturated heterocycles. The van der Waals surface area contributed by atoms with Crippen molar-refractivity contribution >= 4 is 11.8 Å².